The number of piperazine rings is 1. The van der Waals surface area contributed by atoms with Gasteiger partial charge < -0.3 is 42.1 Å². The molecule has 0 aromatic heterocycles. The Hall–Kier alpha value is -0.300. The summed E-state index contributed by atoms with van der Waals surface area (Å²) in [4.78, 5) is 2.33. The molecule has 0 spiro atoms. The molecule has 7 saturated heterocycles. The first kappa shape index (κ1) is 39.7. The summed E-state index contributed by atoms with van der Waals surface area (Å²) < 4.78 is 11.1. The third kappa shape index (κ3) is 29.8. The standard InChI is InChI=1S/C5H12N2.C5H11NOS.3C5H11N.C4H9N.C3H7N/c1-7-4-2-6-3-5-7;1-8(7)4-2-6-3-5-8;3*1-2-4-6-5-3-1;1-2-4-5-3-1;1-2-4-3-1/h6H,2-5H2,1H3;6H,1-5H2;3*6H,1-5H2;5H,1-4H2;4H,1-3H2. The summed E-state index contributed by atoms with van der Waals surface area (Å²) >= 11 is 0. The maximum atomic E-state index is 11.1. The van der Waals surface area contributed by atoms with Crippen LogP contribution in [0.3, 0.4) is 0 Å². The molecule has 0 radical (unpaired) electrons. The molecule has 0 aromatic rings. The van der Waals surface area contributed by atoms with E-state index in [1.54, 1.807) is 0 Å². The van der Waals surface area contributed by atoms with Crippen molar-refractivity contribution in [3.8, 4) is 0 Å². The van der Waals surface area contributed by atoms with Crippen LogP contribution in [0, 0.1) is 0 Å². The van der Waals surface area contributed by atoms with Crippen molar-refractivity contribution < 1.29 is 4.21 Å². The number of hydrogen-bond acceptors (Lipinski definition) is 9. The van der Waals surface area contributed by atoms with Crippen LogP contribution < -0.4 is 37.2 Å². The molecule has 0 amide bonds. The SMILES string of the molecule is C1CCNC1.C1CCNCC1.C1CCNCC1.C1CCNCC1.C1CNC1.C=S1(=O)CCNCC1.CN1CCNCC1. The van der Waals surface area contributed by atoms with E-state index in [1.165, 1.54) is 156 Å². The number of piperidine rings is 3. The van der Waals surface area contributed by atoms with Crippen LogP contribution in [0.5, 0.6) is 0 Å². The predicted octanol–water partition coefficient (Wildman–Crippen LogP) is 1.46. The van der Waals surface area contributed by atoms with E-state index in [0.29, 0.717) is 0 Å². The molecule has 9 nitrogen and oxygen atoms in total. The van der Waals surface area contributed by atoms with Crippen molar-refractivity contribution in [2.45, 2.75) is 77.0 Å². The van der Waals surface area contributed by atoms with Gasteiger partial charge in [-0.2, -0.15) is 0 Å². The van der Waals surface area contributed by atoms with Gasteiger partial charge in [-0.05, 0) is 146 Å². The van der Waals surface area contributed by atoms with Gasteiger partial charge in [-0.15, -0.1) is 0 Å². The zero-order chi connectivity index (χ0) is 30.2. The molecule has 7 aliphatic rings. The Balaban J connectivity index is 0.000000247. The predicted molar refractivity (Wildman–Crippen MR) is 188 cm³/mol. The summed E-state index contributed by atoms with van der Waals surface area (Å²) in [7, 11) is 0.508. The molecule has 7 N–H and O–H groups in total. The molecule has 0 saturated carbocycles. The van der Waals surface area contributed by atoms with Crippen LogP contribution >= 0.6 is 0 Å². The Morgan fingerprint density at radius 1 is 0.405 bits per heavy atom. The number of likely N-dealkylation sites (N-methyl/N-ethyl adjacent to an activating group) is 1. The van der Waals surface area contributed by atoms with Gasteiger partial charge in [0.1, 0.15) is 0 Å². The smallest absolute Gasteiger partial charge is 0.0284 e. The summed E-state index contributed by atoms with van der Waals surface area (Å²) in [6.07, 6.45) is 16.8. The van der Waals surface area contributed by atoms with Crippen LogP contribution in [0.1, 0.15) is 77.0 Å². The minimum atomic E-state index is -1.65. The van der Waals surface area contributed by atoms with E-state index in [-0.39, 0.29) is 0 Å². The molecule has 42 heavy (non-hydrogen) atoms. The highest BCUT2D eigenvalue weighted by atomic mass is 32.2. The van der Waals surface area contributed by atoms with Gasteiger partial charge in [0.25, 0.3) is 0 Å². The van der Waals surface area contributed by atoms with E-state index in [2.05, 4.69) is 55.0 Å². The molecule has 0 atom stereocenters. The number of hydrogen-bond donors (Lipinski definition) is 7. The maximum Gasteiger partial charge on any atom is 0.0284 e. The number of nitrogens with one attached hydrogen (secondary N) is 7. The largest absolute Gasteiger partial charge is 0.317 e. The van der Waals surface area contributed by atoms with E-state index < -0.39 is 9.52 Å². The topological polar surface area (TPSA) is 105 Å². The van der Waals surface area contributed by atoms with Gasteiger partial charge in [-0.1, -0.05) is 19.3 Å². The average Bonchev–Trinajstić information content (AvgIpc) is 3.62. The lowest BCUT2D eigenvalue weighted by Crippen LogP contribution is -2.40. The van der Waals surface area contributed by atoms with Gasteiger partial charge in [-0.3, -0.25) is 4.21 Å². The fourth-order valence-electron chi connectivity index (χ4n) is 4.73. The van der Waals surface area contributed by atoms with Crippen LogP contribution in [0.15, 0.2) is 0 Å². The molecule has 0 aliphatic carbocycles. The van der Waals surface area contributed by atoms with Crippen molar-refractivity contribution in [2.24, 2.45) is 0 Å². The Bertz CT molecular complexity index is 540. The summed E-state index contributed by atoms with van der Waals surface area (Å²) in [5.74, 6) is 5.13. The molecule has 7 aliphatic heterocycles. The van der Waals surface area contributed by atoms with Crippen LogP contribution in [0.2, 0.25) is 0 Å². The second-order valence-corrected chi connectivity index (χ2v) is 14.9. The highest BCUT2D eigenvalue weighted by Crippen LogP contribution is 1.98. The highest BCUT2D eigenvalue weighted by Gasteiger charge is 2.07. The third-order valence-electron chi connectivity index (χ3n) is 7.93. The molecular formula is C32H72N8OS. The molecule has 252 valence electrons. The fraction of sp³-hybridized carbons (Fsp3) is 0.969. The lowest BCUT2D eigenvalue weighted by molar-refractivity contribution is 0.291. The monoisotopic (exact) mass is 617 g/mol. The normalized spacial score (nSPS) is 24.9. The van der Waals surface area contributed by atoms with Crippen LogP contribution in [-0.2, 0) is 9.52 Å². The summed E-state index contributed by atoms with van der Waals surface area (Å²) in [5, 5.41) is 22.6. The molecule has 10 heteroatoms. The molecule has 0 bridgehead atoms. The first-order valence-corrected chi connectivity index (χ1v) is 19.6. The lowest BCUT2D eigenvalue weighted by atomic mass is 10.2. The van der Waals surface area contributed by atoms with Crippen molar-refractivity contribution in [1.29, 1.82) is 0 Å². The van der Waals surface area contributed by atoms with Gasteiger partial charge >= 0.3 is 0 Å². The van der Waals surface area contributed by atoms with Gasteiger partial charge in [0.05, 0.1) is 0 Å². The lowest BCUT2D eigenvalue weighted by Gasteiger charge is -2.21. The second-order valence-electron chi connectivity index (χ2n) is 12.2. The van der Waals surface area contributed by atoms with E-state index in [4.69, 9.17) is 0 Å². The van der Waals surface area contributed by atoms with E-state index >= 15 is 0 Å². The first-order valence-electron chi connectivity index (χ1n) is 17.6. The minimum Gasteiger partial charge on any atom is -0.317 e. The Kier molecular flexibility index (Phi) is 29.1. The van der Waals surface area contributed by atoms with Crippen LogP contribution in [-0.4, -0.2) is 138 Å². The molecule has 0 aromatic carbocycles. The molecule has 7 fully saturated rings. The summed E-state index contributed by atoms with van der Waals surface area (Å²) in [6.45, 7) is 19.0. The van der Waals surface area contributed by atoms with Crippen molar-refractivity contribution in [3.63, 3.8) is 0 Å². The fourth-order valence-corrected chi connectivity index (χ4v) is 5.96. The number of rotatable bonds is 0. The Labute approximate surface area is 261 Å². The van der Waals surface area contributed by atoms with Crippen molar-refractivity contribution in [2.75, 3.05) is 123 Å². The van der Waals surface area contributed by atoms with Gasteiger partial charge in [0, 0.05) is 50.8 Å². The number of nitrogens with zero attached hydrogens (tertiary/aromatic N) is 1. The molecule has 7 rings (SSSR count). The van der Waals surface area contributed by atoms with Crippen molar-refractivity contribution in [3.05, 3.63) is 0 Å². The van der Waals surface area contributed by atoms with Crippen molar-refractivity contribution >= 4 is 15.4 Å². The highest BCUT2D eigenvalue weighted by molar-refractivity contribution is 8.00. The molecule has 0 unspecified atom stereocenters. The van der Waals surface area contributed by atoms with E-state index in [0.717, 1.165) is 37.7 Å². The quantitative estimate of drug-likeness (QED) is 0.204. The third-order valence-corrected chi connectivity index (χ3v) is 9.82. The maximum absolute atomic E-state index is 11.1. The first-order chi connectivity index (χ1) is 20.6. The van der Waals surface area contributed by atoms with Crippen LogP contribution in [0.4, 0.5) is 0 Å². The van der Waals surface area contributed by atoms with E-state index in [1.807, 2.05) is 0 Å². The Morgan fingerprint density at radius 3 is 0.786 bits per heavy atom. The molecule has 7 heterocycles. The second kappa shape index (κ2) is 30.7. The zero-order valence-corrected chi connectivity index (χ0v) is 28.5. The summed E-state index contributed by atoms with van der Waals surface area (Å²) in [6, 6.07) is 0. The minimum absolute atomic E-state index is 0.757. The van der Waals surface area contributed by atoms with Crippen LogP contribution in [0.25, 0.3) is 0 Å². The Morgan fingerprint density at radius 2 is 0.643 bits per heavy atom. The van der Waals surface area contributed by atoms with Gasteiger partial charge in [-0.25, -0.2) is 0 Å². The summed E-state index contributed by atoms with van der Waals surface area (Å²) in [5.41, 5.74) is 0. The van der Waals surface area contributed by atoms with Crippen molar-refractivity contribution in [1.82, 2.24) is 42.1 Å². The average molecular weight is 617 g/mol. The van der Waals surface area contributed by atoms with E-state index in [9.17, 15) is 4.21 Å². The van der Waals surface area contributed by atoms with Gasteiger partial charge in [0.15, 0.2) is 0 Å². The van der Waals surface area contributed by atoms with Gasteiger partial charge in [0.2, 0.25) is 0 Å². The molecular weight excluding hydrogens is 544 g/mol. The zero-order valence-electron chi connectivity index (χ0n) is 27.7.